The van der Waals surface area contributed by atoms with Crippen LogP contribution in [0, 0.1) is 5.41 Å². The molecular weight excluding hydrogens is 246 g/mol. The molecule has 1 unspecified atom stereocenters. The lowest BCUT2D eigenvalue weighted by Gasteiger charge is -2.37. The van der Waals surface area contributed by atoms with Crippen LogP contribution in [0.3, 0.4) is 0 Å². The monoisotopic (exact) mass is 269 g/mol. The zero-order valence-corrected chi connectivity index (χ0v) is 11.3. The highest BCUT2D eigenvalue weighted by Gasteiger charge is 2.44. The first-order valence-electron chi connectivity index (χ1n) is 7.24. The first kappa shape index (κ1) is 14.3. The van der Waals surface area contributed by atoms with E-state index in [0.717, 1.165) is 32.3 Å². The Labute approximate surface area is 113 Å². The van der Waals surface area contributed by atoms with E-state index >= 15 is 0 Å². The molecule has 0 bridgehead atoms. The van der Waals surface area contributed by atoms with Crippen molar-refractivity contribution in [3.8, 4) is 0 Å². The highest BCUT2D eigenvalue weighted by atomic mass is 16.5. The van der Waals surface area contributed by atoms with Crippen molar-refractivity contribution in [3.05, 3.63) is 0 Å². The maximum atomic E-state index is 11.7. The van der Waals surface area contributed by atoms with E-state index < -0.39 is 11.4 Å². The molecular formula is C14H23NO4. The standard InChI is InChI=1S/C14H23NO4/c16-12(6-5-11-4-1-2-9-19-11)15-10-14(13(17)18)7-3-8-14/h11H,1-10H2,(H,15,16)(H,17,18). The van der Waals surface area contributed by atoms with Crippen molar-refractivity contribution < 1.29 is 19.4 Å². The number of aliphatic carboxylic acids is 1. The third kappa shape index (κ3) is 3.69. The second kappa shape index (κ2) is 6.37. The summed E-state index contributed by atoms with van der Waals surface area (Å²) >= 11 is 0. The van der Waals surface area contributed by atoms with Crippen LogP contribution < -0.4 is 5.32 Å². The molecule has 19 heavy (non-hydrogen) atoms. The highest BCUT2D eigenvalue weighted by molar-refractivity contribution is 5.79. The van der Waals surface area contributed by atoms with Crippen molar-refractivity contribution >= 4 is 11.9 Å². The second-order valence-electron chi connectivity index (χ2n) is 5.74. The normalized spacial score (nSPS) is 25.4. The van der Waals surface area contributed by atoms with Gasteiger partial charge in [-0.15, -0.1) is 0 Å². The number of carboxylic acid groups (broad SMARTS) is 1. The number of hydrogen-bond donors (Lipinski definition) is 2. The van der Waals surface area contributed by atoms with Crippen LogP contribution >= 0.6 is 0 Å². The zero-order chi connectivity index (χ0) is 13.7. The van der Waals surface area contributed by atoms with E-state index in [2.05, 4.69) is 5.32 Å². The molecule has 1 saturated heterocycles. The molecule has 2 N–H and O–H groups in total. The first-order valence-corrected chi connectivity index (χ1v) is 7.24. The molecule has 1 heterocycles. The molecule has 0 spiro atoms. The fourth-order valence-electron chi connectivity index (χ4n) is 2.75. The van der Waals surface area contributed by atoms with Gasteiger partial charge in [0.1, 0.15) is 0 Å². The number of rotatable bonds is 6. The lowest BCUT2D eigenvalue weighted by atomic mass is 9.69. The SMILES string of the molecule is O=C(CCC1CCCCO1)NCC1(C(=O)O)CCC1. The first-order chi connectivity index (χ1) is 9.12. The zero-order valence-electron chi connectivity index (χ0n) is 11.3. The Bertz CT molecular complexity index is 332. The van der Waals surface area contributed by atoms with Gasteiger partial charge in [0.25, 0.3) is 0 Å². The van der Waals surface area contributed by atoms with Gasteiger partial charge in [0.15, 0.2) is 0 Å². The minimum absolute atomic E-state index is 0.0540. The molecule has 0 aromatic heterocycles. The summed E-state index contributed by atoms with van der Waals surface area (Å²) in [6.45, 7) is 1.07. The van der Waals surface area contributed by atoms with Crippen molar-refractivity contribution in [2.45, 2.75) is 57.5 Å². The number of hydrogen-bond acceptors (Lipinski definition) is 3. The number of carbonyl (C=O) groups excluding carboxylic acids is 1. The topological polar surface area (TPSA) is 75.6 Å². The minimum atomic E-state index is -0.783. The van der Waals surface area contributed by atoms with Gasteiger partial charge in [-0.05, 0) is 38.5 Å². The van der Waals surface area contributed by atoms with Crippen molar-refractivity contribution in [1.82, 2.24) is 5.32 Å². The summed E-state index contributed by atoms with van der Waals surface area (Å²) in [5, 5.41) is 11.9. The summed E-state index contributed by atoms with van der Waals surface area (Å²) in [5.74, 6) is -0.837. The van der Waals surface area contributed by atoms with E-state index in [1.165, 1.54) is 6.42 Å². The van der Waals surface area contributed by atoms with Gasteiger partial charge in [0, 0.05) is 19.6 Å². The number of nitrogens with one attached hydrogen (secondary N) is 1. The molecule has 1 amide bonds. The van der Waals surface area contributed by atoms with Crippen LogP contribution in [-0.4, -0.2) is 36.2 Å². The molecule has 1 saturated carbocycles. The molecule has 2 rings (SSSR count). The molecule has 0 radical (unpaired) electrons. The number of carboxylic acids is 1. The van der Waals surface area contributed by atoms with Gasteiger partial charge in [-0.3, -0.25) is 9.59 Å². The van der Waals surface area contributed by atoms with Crippen LogP contribution in [0.15, 0.2) is 0 Å². The third-order valence-corrected chi connectivity index (χ3v) is 4.36. The molecule has 5 nitrogen and oxygen atoms in total. The van der Waals surface area contributed by atoms with E-state index in [0.29, 0.717) is 19.3 Å². The van der Waals surface area contributed by atoms with Crippen LogP contribution in [0.1, 0.15) is 51.4 Å². The van der Waals surface area contributed by atoms with E-state index in [1.807, 2.05) is 0 Å². The van der Waals surface area contributed by atoms with E-state index in [4.69, 9.17) is 9.84 Å². The van der Waals surface area contributed by atoms with Gasteiger partial charge in [-0.25, -0.2) is 0 Å². The summed E-state index contributed by atoms with van der Waals surface area (Å²) in [5.41, 5.74) is -0.697. The predicted molar refractivity (Wildman–Crippen MR) is 69.8 cm³/mol. The molecule has 2 fully saturated rings. The Morgan fingerprint density at radius 1 is 1.26 bits per heavy atom. The molecule has 0 aromatic carbocycles. The smallest absolute Gasteiger partial charge is 0.311 e. The minimum Gasteiger partial charge on any atom is -0.481 e. The third-order valence-electron chi connectivity index (χ3n) is 4.36. The fraction of sp³-hybridized carbons (Fsp3) is 0.857. The summed E-state index contributed by atoms with van der Waals surface area (Å²) in [7, 11) is 0. The Kier molecular flexibility index (Phi) is 4.80. The van der Waals surface area contributed by atoms with Crippen LogP contribution in [0.4, 0.5) is 0 Å². The Hall–Kier alpha value is -1.10. The van der Waals surface area contributed by atoms with Gasteiger partial charge in [0.2, 0.25) is 5.91 Å². The molecule has 5 heteroatoms. The quantitative estimate of drug-likeness (QED) is 0.769. The van der Waals surface area contributed by atoms with Gasteiger partial charge in [-0.2, -0.15) is 0 Å². The Morgan fingerprint density at radius 3 is 2.58 bits per heavy atom. The molecule has 108 valence electrons. The van der Waals surface area contributed by atoms with Gasteiger partial charge < -0.3 is 15.2 Å². The van der Waals surface area contributed by atoms with Crippen molar-refractivity contribution in [3.63, 3.8) is 0 Å². The van der Waals surface area contributed by atoms with Crippen LogP contribution in [0.2, 0.25) is 0 Å². The maximum absolute atomic E-state index is 11.7. The van der Waals surface area contributed by atoms with Crippen molar-refractivity contribution in [1.29, 1.82) is 0 Å². The largest absolute Gasteiger partial charge is 0.481 e. The molecule has 1 aliphatic heterocycles. The molecule has 1 aliphatic carbocycles. The van der Waals surface area contributed by atoms with Crippen molar-refractivity contribution in [2.75, 3.05) is 13.2 Å². The number of carbonyl (C=O) groups is 2. The van der Waals surface area contributed by atoms with E-state index in [-0.39, 0.29) is 18.6 Å². The van der Waals surface area contributed by atoms with Gasteiger partial charge >= 0.3 is 5.97 Å². The second-order valence-corrected chi connectivity index (χ2v) is 5.74. The lowest BCUT2D eigenvalue weighted by Crippen LogP contribution is -2.47. The van der Waals surface area contributed by atoms with Crippen molar-refractivity contribution in [2.24, 2.45) is 5.41 Å². The highest BCUT2D eigenvalue weighted by Crippen LogP contribution is 2.40. The molecule has 0 aromatic rings. The maximum Gasteiger partial charge on any atom is 0.311 e. The molecule has 2 aliphatic rings. The van der Waals surface area contributed by atoms with Crippen LogP contribution in [0.5, 0.6) is 0 Å². The number of amides is 1. The Morgan fingerprint density at radius 2 is 2.05 bits per heavy atom. The summed E-state index contributed by atoms with van der Waals surface area (Å²) in [6, 6.07) is 0. The Balaban J connectivity index is 1.65. The molecule has 1 atom stereocenters. The summed E-state index contributed by atoms with van der Waals surface area (Å²) < 4.78 is 5.57. The van der Waals surface area contributed by atoms with E-state index in [9.17, 15) is 9.59 Å². The summed E-state index contributed by atoms with van der Waals surface area (Å²) in [4.78, 5) is 22.9. The fourth-order valence-corrected chi connectivity index (χ4v) is 2.75. The van der Waals surface area contributed by atoms with Gasteiger partial charge in [-0.1, -0.05) is 6.42 Å². The number of ether oxygens (including phenoxy) is 1. The average Bonchev–Trinajstić information content (AvgIpc) is 2.36. The van der Waals surface area contributed by atoms with Gasteiger partial charge in [0.05, 0.1) is 11.5 Å². The van der Waals surface area contributed by atoms with Crippen LogP contribution in [-0.2, 0) is 14.3 Å². The predicted octanol–water partition coefficient (Wildman–Crippen LogP) is 1.71. The summed E-state index contributed by atoms with van der Waals surface area (Å²) in [6.07, 6.45) is 6.99. The van der Waals surface area contributed by atoms with Crippen LogP contribution in [0.25, 0.3) is 0 Å². The lowest BCUT2D eigenvalue weighted by molar-refractivity contribution is -0.154. The van der Waals surface area contributed by atoms with E-state index in [1.54, 1.807) is 0 Å². The average molecular weight is 269 g/mol.